The molecule has 0 atom stereocenters. The van der Waals surface area contributed by atoms with Crippen LogP contribution in [0.5, 0.6) is 0 Å². The third-order valence-electron chi connectivity index (χ3n) is 0.391. The van der Waals surface area contributed by atoms with E-state index in [1.165, 1.54) is 0 Å². The van der Waals surface area contributed by atoms with Crippen molar-refractivity contribution in [2.45, 2.75) is 0 Å². The van der Waals surface area contributed by atoms with Crippen molar-refractivity contribution in [3.63, 3.8) is 0 Å². The van der Waals surface area contributed by atoms with Gasteiger partial charge in [0.15, 0.2) is 0 Å². The Morgan fingerprint density at radius 3 is 1.30 bits per heavy atom. The van der Waals surface area contributed by atoms with E-state index in [-0.39, 0.29) is 0 Å². The van der Waals surface area contributed by atoms with Crippen LogP contribution in [0.15, 0.2) is 8.81 Å². The average Bonchev–Trinajstić information content (AvgIpc) is 1.90. The minimum absolute atomic E-state index is 2.18. The molecule has 0 unspecified atom stereocenters. The molecule has 0 N–H and O–H groups in total. The van der Waals surface area contributed by atoms with Crippen molar-refractivity contribution < 1.29 is 0 Å². The third kappa shape index (κ3) is 5.10. The van der Waals surface area contributed by atoms with Gasteiger partial charge in [-0.15, -0.1) is 0 Å². The zero-order valence-electron chi connectivity index (χ0n) is 4.51. The van der Waals surface area contributed by atoms with Gasteiger partial charge in [-0.25, -0.2) is 0 Å². The van der Waals surface area contributed by atoms with Gasteiger partial charge in [0, 0.05) is 0 Å². The standard InChI is InChI=1S/3CNS.Bi/c3*2-1-3;/q3*-1;+3. The maximum atomic E-state index is 4.35. The summed E-state index contributed by atoms with van der Waals surface area (Å²) in [5.41, 5.74) is 0. The molecular formula is C3BiN3S3. The zero-order valence-corrected chi connectivity index (χ0v) is 10.4. The predicted molar refractivity (Wildman–Crippen MR) is 50.8 cm³/mol. The van der Waals surface area contributed by atoms with Crippen LogP contribution < -0.4 is 0 Å². The summed E-state index contributed by atoms with van der Waals surface area (Å²) in [4.78, 5) is 0. The van der Waals surface area contributed by atoms with Gasteiger partial charge in [-0.1, -0.05) is 0 Å². The molecule has 0 aliphatic carbocycles. The van der Waals surface area contributed by atoms with Crippen LogP contribution in [0.1, 0.15) is 0 Å². The van der Waals surface area contributed by atoms with Gasteiger partial charge in [0.05, 0.1) is 0 Å². The second kappa shape index (κ2) is 7.39. The first kappa shape index (κ1) is 10.3. The molecule has 7 heteroatoms. The molecule has 0 bridgehead atoms. The van der Waals surface area contributed by atoms with Crippen molar-refractivity contribution in [1.82, 2.24) is 0 Å². The zero-order chi connectivity index (χ0) is 7.82. The molecule has 10 heavy (non-hydrogen) atoms. The molecule has 3 nitrogen and oxygen atoms in total. The van der Waals surface area contributed by atoms with Crippen LogP contribution in [0.2, 0.25) is 0 Å². The quantitative estimate of drug-likeness (QED) is 0.419. The molecule has 0 heterocycles. The Morgan fingerprint density at radius 2 is 1.10 bits per heavy atom. The van der Waals surface area contributed by atoms with E-state index >= 15 is 0 Å². The van der Waals surface area contributed by atoms with E-state index in [1.807, 2.05) is 0 Å². The second-order valence-electron chi connectivity index (χ2n) is 0.842. The topological polar surface area (TPSA) is 37.1 Å². The van der Waals surface area contributed by atoms with Crippen molar-refractivity contribution in [3.8, 4) is 0 Å². The van der Waals surface area contributed by atoms with Crippen LogP contribution in [0.25, 0.3) is 0 Å². The van der Waals surface area contributed by atoms with Crippen molar-refractivity contribution in [2.24, 2.45) is 8.81 Å². The number of isothiocyanates is 3. The second-order valence-corrected chi connectivity index (χ2v) is 5.81. The molecule has 0 spiro atoms. The summed E-state index contributed by atoms with van der Waals surface area (Å²) in [5, 5.41) is 6.53. The first-order valence-corrected chi connectivity index (χ1v) is 7.77. The summed E-state index contributed by atoms with van der Waals surface area (Å²) in [6.45, 7) is 0. The van der Waals surface area contributed by atoms with Gasteiger partial charge in [-0.05, 0) is 0 Å². The first-order valence-electron chi connectivity index (χ1n) is 1.88. The average molecular weight is 383 g/mol. The van der Waals surface area contributed by atoms with E-state index in [4.69, 9.17) is 0 Å². The summed E-state index contributed by atoms with van der Waals surface area (Å²) >= 11 is 10.4. The van der Waals surface area contributed by atoms with E-state index in [0.29, 0.717) is 0 Å². The van der Waals surface area contributed by atoms with Crippen LogP contribution in [0, 0.1) is 0 Å². The van der Waals surface area contributed by atoms with Crippen molar-refractivity contribution in [1.29, 1.82) is 0 Å². The molecule has 0 fully saturated rings. The van der Waals surface area contributed by atoms with Gasteiger partial charge in [-0.3, -0.25) is 0 Å². The molecule has 0 aliphatic rings. The van der Waals surface area contributed by atoms with E-state index in [0.717, 1.165) is 0 Å². The summed E-state index contributed by atoms with van der Waals surface area (Å²) in [5.74, 6) is 0. The molecule has 0 rings (SSSR count). The van der Waals surface area contributed by atoms with Crippen LogP contribution in [0.4, 0.5) is 0 Å². The summed E-state index contributed by atoms with van der Waals surface area (Å²) in [7, 11) is 0. The van der Waals surface area contributed by atoms with Crippen LogP contribution >= 0.6 is 36.7 Å². The number of rotatable bonds is 3. The fourth-order valence-corrected chi connectivity index (χ4v) is 3.47. The molecule has 0 aromatic heterocycles. The third-order valence-corrected chi connectivity index (χ3v) is 5.58. The van der Waals surface area contributed by atoms with Crippen molar-refractivity contribution >= 4 is 74.8 Å². The Hall–Kier alpha value is 0.283. The molecule has 0 aromatic rings. The fraction of sp³-hybridized carbons (Fsp3) is 0. The SMILES string of the molecule is S=C=[N][Bi]([N]=C=S)[N]=C=S. The fourth-order valence-electron chi connectivity index (χ4n) is 0.177. The van der Waals surface area contributed by atoms with Gasteiger partial charge in [0.25, 0.3) is 0 Å². The minimum atomic E-state index is -2.59. The maximum absolute atomic E-state index is 4.35. The first-order chi connectivity index (χ1) is 4.85. The normalized spacial score (nSPS) is 6.90. The summed E-state index contributed by atoms with van der Waals surface area (Å²) < 4.78 is 11.0. The van der Waals surface area contributed by atoms with Gasteiger partial charge >= 0.3 is 83.6 Å². The van der Waals surface area contributed by atoms with Crippen molar-refractivity contribution in [3.05, 3.63) is 0 Å². The van der Waals surface area contributed by atoms with Gasteiger partial charge in [0.1, 0.15) is 0 Å². The molecular weight excluding hydrogens is 383 g/mol. The number of thiocarbonyl (C=S) groups is 3. The van der Waals surface area contributed by atoms with Crippen LogP contribution in [-0.2, 0) is 0 Å². The van der Waals surface area contributed by atoms with Crippen LogP contribution in [-0.4, -0.2) is 38.1 Å². The van der Waals surface area contributed by atoms with Gasteiger partial charge < -0.3 is 0 Å². The van der Waals surface area contributed by atoms with Crippen LogP contribution in [0.3, 0.4) is 0 Å². The molecule has 0 aromatic carbocycles. The molecule has 0 aliphatic heterocycles. The van der Waals surface area contributed by atoms with E-state index in [2.05, 4.69) is 60.9 Å². The Kier molecular flexibility index (Phi) is 7.60. The Balaban J connectivity index is 4.39. The van der Waals surface area contributed by atoms with E-state index < -0.39 is 22.6 Å². The Labute approximate surface area is 82.9 Å². The molecule has 50 valence electrons. The number of nitrogens with zero attached hydrogens (tertiary/aromatic N) is 3. The number of hydrogen-bond acceptors (Lipinski definition) is 6. The monoisotopic (exact) mass is 383 g/mol. The van der Waals surface area contributed by atoms with Crippen molar-refractivity contribution in [2.75, 3.05) is 0 Å². The molecule has 0 amide bonds. The molecule has 0 saturated carbocycles. The number of hydrogen-bond donors (Lipinski definition) is 0. The molecule has 0 saturated heterocycles. The Morgan fingerprint density at radius 1 is 0.800 bits per heavy atom. The summed E-state index contributed by atoms with van der Waals surface area (Å²) in [6, 6.07) is 0. The predicted octanol–water partition coefficient (Wildman–Crippen LogP) is 1.28. The van der Waals surface area contributed by atoms with Gasteiger partial charge in [-0.2, -0.15) is 0 Å². The Bertz CT molecular complexity index is 203. The summed E-state index contributed by atoms with van der Waals surface area (Å²) in [6.07, 6.45) is 0. The van der Waals surface area contributed by atoms with E-state index in [9.17, 15) is 0 Å². The molecule has 0 radical (unpaired) electrons. The van der Waals surface area contributed by atoms with E-state index in [1.54, 1.807) is 0 Å². The van der Waals surface area contributed by atoms with Gasteiger partial charge in [0.2, 0.25) is 0 Å².